The van der Waals surface area contributed by atoms with Gasteiger partial charge in [0.15, 0.2) is 0 Å². The van der Waals surface area contributed by atoms with Crippen LogP contribution in [0.1, 0.15) is 0 Å². The molecule has 0 amide bonds. The minimum Gasteiger partial charge on any atom is -0.356 e. The van der Waals surface area contributed by atoms with Crippen molar-refractivity contribution < 1.29 is 28.8 Å². The second kappa shape index (κ2) is 2.58. The van der Waals surface area contributed by atoms with E-state index in [-0.39, 0.29) is 0 Å². The Morgan fingerprint density at radius 2 is 1.11 bits per heavy atom. The first kappa shape index (κ1) is 8.79. The second-order valence-corrected chi connectivity index (χ2v) is 3.26. The summed E-state index contributed by atoms with van der Waals surface area (Å²) in [6.07, 6.45) is 0. The van der Waals surface area contributed by atoms with Gasteiger partial charge in [0.2, 0.25) is 0 Å². The van der Waals surface area contributed by atoms with Crippen LogP contribution >= 0.6 is 0 Å². The van der Waals surface area contributed by atoms with Gasteiger partial charge in [-0.05, 0) is 0 Å². The molecule has 4 N–H and O–H groups in total. The molecule has 0 atom stereocenters. The maximum atomic E-state index is 10.0. The lowest BCUT2D eigenvalue weighted by atomic mass is 11.5. The Labute approximate surface area is 50.9 Å². The van der Waals surface area contributed by atoms with Crippen molar-refractivity contribution in [2.24, 2.45) is 0 Å². The number of rotatable bonds is 2. The van der Waals surface area contributed by atoms with Crippen molar-refractivity contribution in [2.75, 3.05) is 0 Å². The minimum atomic E-state index is -4.59. The van der Waals surface area contributed by atoms with Gasteiger partial charge in [0.1, 0.15) is 0 Å². The summed E-state index contributed by atoms with van der Waals surface area (Å²) >= 11 is 0. The molecule has 0 saturated carbocycles. The molecule has 0 radical (unpaired) electrons. The summed E-state index contributed by atoms with van der Waals surface area (Å²) in [4.78, 5) is 0. The van der Waals surface area contributed by atoms with Crippen molar-refractivity contribution >= 4 is 9.84 Å². The fourth-order valence-electron chi connectivity index (χ4n) is 0.109. The Kier molecular flexibility index (Phi) is 2.52. The van der Waals surface area contributed by atoms with Crippen molar-refractivity contribution in [3.8, 4) is 0 Å². The zero-order chi connectivity index (χ0) is 7.65. The van der Waals surface area contributed by atoms with Crippen LogP contribution in [0, 0.1) is 0 Å². The van der Waals surface area contributed by atoms with Gasteiger partial charge in [-0.25, -0.2) is 8.42 Å². The Morgan fingerprint density at radius 3 is 1.11 bits per heavy atom. The Bertz CT molecular complexity index is 151. The predicted octanol–water partition coefficient (Wildman–Crippen LogP) is -3.06. The third-order valence-electron chi connectivity index (χ3n) is 0.588. The Balaban J connectivity index is 4.42. The molecular formula is C2H6O6S. The molecule has 0 saturated heterocycles. The van der Waals surface area contributed by atoms with Crippen LogP contribution in [0.15, 0.2) is 0 Å². The number of hydrogen-bond acceptors (Lipinski definition) is 6. The maximum absolute atomic E-state index is 10.0. The first-order valence-corrected chi connectivity index (χ1v) is 3.45. The third-order valence-corrected chi connectivity index (χ3v) is 1.76. The van der Waals surface area contributed by atoms with E-state index in [9.17, 15) is 8.42 Å². The van der Waals surface area contributed by atoms with E-state index in [1.807, 2.05) is 0 Å². The highest BCUT2D eigenvalue weighted by Gasteiger charge is 2.27. The molecule has 0 rings (SSSR count). The lowest BCUT2D eigenvalue weighted by molar-refractivity contribution is -0.00514. The van der Waals surface area contributed by atoms with E-state index in [1.165, 1.54) is 0 Å². The normalized spacial score (nSPS) is 13.1. The monoisotopic (exact) mass is 158 g/mol. The van der Waals surface area contributed by atoms with E-state index in [1.54, 1.807) is 0 Å². The molecule has 0 aliphatic heterocycles. The zero-order valence-corrected chi connectivity index (χ0v) is 4.98. The van der Waals surface area contributed by atoms with Gasteiger partial charge in [-0.3, -0.25) is 0 Å². The van der Waals surface area contributed by atoms with Gasteiger partial charge in [0, 0.05) is 0 Å². The van der Waals surface area contributed by atoms with Crippen LogP contribution < -0.4 is 0 Å². The van der Waals surface area contributed by atoms with Gasteiger partial charge >= 0.3 is 0 Å². The molecule has 0 aromatic heterocycles. The summed E-state index contributed by atoms with van der Waals surface area (Å²) in [6, 6.07) is 0. The zero-order valence-electron chi connectivity index (χ0n) is 4.17. The van der Waals surface area contributed by atoms with Crippen LogP contribution in [0.5, 0.6) is 0 Å². The summed E-state index contributed by atoms with van der Waals surface area (Å²) in [5.41, 5.74) is -5.48. The van der Waals surface area contributed by atoms with Gasteiger partial charge in [-0.1, -0.05) is 0 Å². The number of sulfone groups is 1. The Morgan fingerprint density at radius 1 is 0.889 bits per heavy atom. The molecule has 0 unspecified atom stereocenters. The van der Waals surface area contributed by atoms with Gasteiger partial charge < -0.3 is 20.4 Å². The van der Waals surface area contributed by atoms with E-state index in [0.29, 0.717) is 0 Å². The lowest BCUT2D eigenvalue weighted by Gasteiger charge is -2.05. The fraction of sp³-hybridized carbons (Fsp3) is 1.00. The van der Waals surface area contributed by atoms with E-state index in [0.717, 1.165) is 0 Å². The first-order valence-electron chi connectivity index (χ1n) is 1.84. The van der Waals surface area contributed by atoms with Crippen LogP contribution in [0.25, 0.3) is 0 Å². The quantitative estimate of drug-likeness (QED) is 0.317. The van der Waals surface area contributed by atoms with Gasteiger partial charge in [0.05, 0.1) is 0 Å². The van der Waals surface area contributed by atoms with Crippen LogP contribution in [0.3, 0.4) is 0 Å². The molecule has 6 nitrogen and oxygen atoms in total. The molecule has 0 aromatic carbocycles. The molecule has 0 bridgehead atoms. The Hall–Kier alpha value is -0.210. The summed E-state index contributed by atoms with van der Waals surface area (Å²) < 4.78 is 20.1. The second-order valence-electron chi connectivity index (χ2n) is 1.24. The van der Waals surface area contributed by atoms with Crippen LogP contribution in [-0.4, -0.2) is 40.1 Å². The van der Waals surface area contributed by atoms with Crippen LogP contribution in [0.2, 0.25) is 0 Å². The fourth-order valence-corrected chi connectivity index (χ4v) is 0.327. The number of hydrogen-bond donors (Lipinski definition) is 4. The highest BCUT2D eigenvalue weighted by Crippen LogP contribution is 1.98. The summed E-state index contributed by atoms with van der Waals surface area (Å²) in [5, 5.41) is 31.6. The SMILES string of the molecule is O=S(=O)(C(O)O)C(O)O. The lowest BCUT2D eigenvalue weighted by Crippen LogP contribution is -2.31. The summed E-state index contributed by atoms with van der Waals surface area (Å²) in [6.45, 7) is 0. The number of aliphatic hydroxyl groups is 4. The van der Waals surface area contributed by atoms with E-state index >= 15 is 0 Å². The average Bonchev–Trinajstić information content (AvgIpc) is 1.65. The summed E-state index contributed by atoms with van der Waals surface area (Å²) in [5.74, 6) is 0. The average molecular weight is 158 g/mol. The molecule has 0 aliphatic rings. The molecule has 0 spiro atoms. The van der Waals surface area contributed by atoms with Crippen molar-refractivity contribution in [2.45, 2.75) is 11.2 Å². The van der Waals surface area contributed by atoms with E-state index in [4.69, 9.17) is 20.4 Å². The molecule has 7 heteroatoms. The largest absolute Gasteiger partial charge is 0.356 e. The van der Waals surface area contributed by atoms with E-state index < -0.39 is 21.1 Å². The topological polar surface area (TPSA) is 115 Å². The van der Waals surface area contributed by atoms with E-state index in [2.05, 4.69) is 0 Å². The first-order chi connectivity index (χ1) is 3.89. The summed E-state index contributed by atoms with van der Waals surface area (Å²) in [7, 11) is -4.59. The van der Waals surface area contributed by atoms with Crippen LogP contribution in [-0.2, 0) is 9.84 Å². The molecule has 0 aromatic rings. The molecule has 0 heterocycles. The van der Waals surface area contributed by atoms with Crippen LogP contribution in [0.4, 0.5) is 0 Å². The van der Waals surface area contributed by atoms with Crippen molar-refractivity contribution in [3.63, 3.8) is 0 Å². The van der Waals surface area contributed by atoms with Gasteiger partial charge in [0.25, 0.3) is 21.1 Å². The molecule has 9 heavy (non-hydrogen) atoms. The third kappa shape index (κ3) is 1.88. The smallest absolute Gasteiger partial charge is 0.263 e. The van der Waals surface area contributed by atoms with Crippen molar-refractivity contribution in [1.82, 2.24) is 0 Å². The molecule has 0 fully saturated rings. The van der Waals surface area contributed by atoms with Gasteiger partial charge in [-0.2, -0.15) is 0 Å². The predicted molar refractivity (Wildman–Crippen MR) is 25.4 cm³/mol. The maximum Gasteiger partial charge on any atom is 0.263 e. The van der Waals surface area contributed by atoms with Crippen molar-refractivity contribution in [3.05, 3.63) is 0 Å². The molecule has 56 valence electrons. The molecular weight excluding hydrogens is 152 g/mol. The minimum absolute atomic E-state index is 2.74. The molecule has 0 aliphatic carbocycles. The van der Waals surface area contributed by atoms with Crippen molar-refractivity contribution in [1.29, 1.82) is 0 Å². The highest BCUT2D eigenvalue weighted by atomic mass is 32.2. The van der Waals surface area contributed by atoms with Gasteiger partial charge in [-0.15, -0.1) is 0 Å². The number of aliphatic hydroxyl groups excluding tert-OH is 2. The highest BCUT2D eigenvalue weighted by molar-refractivity contribution is 7.91. The standard InChI is InChI=1S/C2H6O6S/c3-1(4)9(7,8)2(5)6/h1-6H.